The number of aromatic nitrogens is 4. The third kappa shape index (κ3) is 3.30. The van der Waals surface area contributed by atoms with Gasteiger partial charge in [-0.15, -0.1) is 5.10 Å². The van der Waals surface area contributed by atoms with Gasteiger partial charge in [0.25, 0.3) is 0 Å². The van der Waals surface area contributed by atoms with Crippen LogP contribution in [0.4, 0.5) is 5.69 Å². The zero-order chi connectivity index (χ0) is 14.7. The molecule has 1 aromatic heterocycles. The Morgan fingerprint density at radius 3 is 2.67 bits per heavy atom. The lowest BCUT2D eigenvalue weighted by Crippen LogP contribution is -2.05. The Hall–Kier alpha value is -1.73. The van der Waals surface area contributed by atoms with E-state index in [0.717, 1.165) is 20.3 Å². The molecule has 5 nitrogen and oxygen atoms in total. The van der Waals surface area contributed by atoms with E-state index in [-0.39, 0.29) is 0 Å². The maximum Gasteiger partial charge on any atom is 0.143 e. The van der Waals surface area contributed by atoms with Gasteiger partial charge in [-0.3, -0.25) is 0 Å². The molecule has 1 heterocycles. The summed E-state index contributed by atoms with van der Waals surface area (Å²) in [6.07, 6.45) is 1.58. The molecular weight excluding hydrogens is 398 g/mol. The Labute approximate surface area is 138 Å². The van der Waals surface area contributed by atoms with Crippen LogP contribution in [0.25, 0.3) is 5.69 Å². The number of halogens is 2. The number of benzene rings is 2. The topological polar surface area (TPSA) is 55.6 Å². The van der Waals surface area contributed by atoms with Gasteiger partial charge in [0.05, 0.1) is 11.4 Å². The summed E-state index contributed by atoms with van der Waals surface area (Å²) < 4.78 is 3.72. The van der Waals surface area contributed by atoms with Gasteiger partial charge in [0.15, 0.2) is 0 Å². The van der Waals surface area contributed by atoms with Crippen LogP contribution in [-0.4, -0.2) is 20.2 Å². The summed E-state index contributed by atoms with van der Waals surface area (Å²) in [6.45, 7) is 0.713. The maximum absolute atomic E-state index is 3.93. The minimum absolute atomic E-state index is 0.713. The van der Waals surface area contributed by atoms with Gasteiger partial charge in [-0.25, -0.2) is 0 Å². The minimum Gasteiger partial charge on any atom is -0.379 e. The summed E-state index contributed by atoms with van der Waals surface area (Å²) >= 11 is 6.98. The smallest absolute Gasteiger partial charge is 0.143 e. The summed E-state index contributed by atoms with van der Waals surface area (Å²) in [6, 6.07) is 14.1. The van der Waals surface area contributed by atoms with Crippen molar-refractivity contribution in [3.8, 4) is 5.69 Å². The van der Waals surface area contributed by atoms with E-state index in [9.17, 15) is 0 Å². The first-order chi connectivity index (χ1) is 10.2. The first kappa shape index (κ1) is 14.2. The summed E-state index contributed by atoms with van der Waals surface area (Å²) in [5.74, 6) is 0. The van der Waals surface area contributed by atoms with Crippen LogP contribution in [0.5, 0.6) is 0 Å². The molecule has 0 unspecified atom stereocenters. The first-order valence-corrected chi connectivity index (χ1v) is 7.83. The van der Waals surface area contributed by atoms with E-state index in [1.165, 1.54) is 5.56 Å². The van der Waals surface area contributed by atoms with Crippen molar-refractivity contribution in [2.45, 2.75) is 6.54 Å². The molecule has 0 fully saturated rings. The maximum atomic E-state index is 3.93. The first-order valence-electron chi connectivity index (χ1n) is 6.24. The highest BCUT2D eigenvalue weighted by atomic mass is 79.9. The standard InChI is InChI=1S/C14H11Br2N5/c15-11-6-5-10(7-12(11)16)8-17-13-3-1-2-4-14(13)21-9-18-19-20-21/h1-7,9,17H,8H2. The SMILES string of the molecule is Brc1ccc(CNc2ccccc2-n2cnnn2)cc1Br. The van der Waals surface area contributed by atoms with Crippen LogP contribution < -0.4 is 5.32 Å². The van der Waals surface area contributed by atoms with Crippen molar-refractivity contribution >= 4 is 37.5 Å². The highest BCUT2D eigenvalue weighted by Gasteiger charge is 2.05. The molecule has 0 amide bonds. The van der Waals surface area contributed by atoms with Crippen LogP contribution in [0.2, 0.25) is 0 Å². The van der Waals surface area contributed by atoms with E-state index in [1.54, 1.807) is 11.0 Å². The molecule has 0 spiro atoms. The zero-order valence-electron chi connectivity index (χ0n) is 10.9. The van der Waals surface area contributed by atoms with Crippen molar-refractivity contribution in [2.75, 3.05) is 5.32 Å². The summed E-state index contributed by atoms with van der Waals surface area (Å²) in [7, 11) is 0. The Morgan fingerprint density at radius 2 is 1.90 bits per heavy atom. The Bertz CT molecular complexity index is 743. The Balaban J connectivity index is 1.81. The van der Waals surface area contributed by atoms with Crippen LogP contribution in [-0.2, 0) is 6.54 Å². The lowest BCUT2D eigenvalue weighted by molar-refractivity contribution is 0.789. The number of tetrazole rings is 1. The van der Waals surface area contributed by atoms with Crippen molar-refractivity contribution in [1.82, 2.24) is 20.2 Å². The second-order valence-corrected chi connectivity index (χ2v) is 6.08. The zero-order valence-corrected chi connectivity index (χ0v) is 14.0. The van der Waals surface area contributed by atoms with Crippen LogP contribution in [0.1, 0.15) is 5.56 Å². The number of hydrogen-bond donors (Lipinski definition) is 1. The molecule has 0 saturated carbocycles. The minimum atomic E-state index is 0.713. The van der Waals surface area contributed by atoms with E-state index < -0.39 is 0 Å². The van der Waals surface area contributed by atoms with E-state index in [2.05, 4.69) is 64.8 Å². The lowest BCUT2D eigenvalue weighted by Gasteiger charge is -2.11. The molecule has 0 aliphatic carbocycles. The highest BCUT2D eigenvalue weighted by molar-refractivity contribution is 9.13. The van der Waals surface area contributed by atoms with Gasteiger partial charge in [0.1, 0.15) is 6.33 Å². The number of hydrogen-bond acceptors (Lipinski definition) is 4. The number of para-hydroxylation sites is 2. The number of rotatable bonds is 4. The third-order valence-corrected chi connectivity index (χ3v) is 4.85. The second kappa shape index (κ2) is 6.36. The van der Waals surface area contributed by atoms with Gasteiger partial charge in [-0.1, -0.05) is 18.2 Å². The second-order valence-electron chi connectivity index (χ2n) is 4.37. The largest absolute Gasteiger partial charge is 0.379 e. The molecule has 0 radical (unpaired) electrons. The Kier molecular flexibility index (Phi) is 4.31. The molecule has 0 aliphatic rings. The van der Waals surface area contributed by atoms with Crippen LogP contribution in [0.15, 0.2) is 57.7 Å². The van der Waals surface area contributed by atoms with Gasteiger partial charge >= 0.3 is 0 Å². The summed E-state index contributed by atoms with van der Waals surface area (Å²) in [5, 5.41) is 14.7. The van der Waals surface area contributed by atoms with Crippen molar-refractivity contribution in [3.63, 3.8) is 0 Å². The predicted molar refractivity (Wildman–Crippen MR) is 88.3 cm³/mol. The average Bonchev–Trinajstić information content (AvgIpc) is 3.03. The molecule has 3 rings (SSSR count). The van der Waals surface area contributed by atoms with E-state index in [1.807, 2.05) is 30.3 Å². The molecule has 2 aromatic carbocycles. The van der Waals surface area contributed by atoms with Crippen molar-refractivity contribution in [2.24, 2.45) is 0 Å². The summed E-state index contributed by atoms with van der Waals surface area (Å²) in [5.41, 5.74) is 3.07. The molecule has 0 aliphatic heterocycles. The van der Waals surface area contributed by atoms with Crippen LogP contribution in [0, 0.1) is 0 Å². The van der Waals surface area contributed by atoms with Crippen LogP contribution >= 0.6 is 31.9 Å². The van der Waals surface area contributed by atoms with Crippen LogP contribution in [0.3, 0.4) is 0 Å². The fraction of sp³-hybridized carbons (Fsp3) is 0.0714. The fourth-order valence-corrected chi connectivity index (χ4v) is 2.61. The summed E-state index contributed by atoms with van der Waals surface area (Å²) in [4.78, 5) is 0. The molecule has 106 valence electrons. The van der Waals surface area contributed by atoms with Crippen molar-refractivity contribution in [3.05, 3.63) is 63.3 Å². The van der Waals surface area contributed by atoms with E-state index in [0.29, 0.717) is 6.54 Å². The fourth-order valence-electron chi connectivity index (χ4n) is 1.94. The predicted octanol–water partition coefficient (Wildman–Crippen LogP) is 3.80. The van der Waals surface area contributed by atoms with Gasteiger partial charge < -0.3 is 5.32 Å². The van der Waals surface area contributed by atoms with E-state index >= 15 is 0 Å². The molecule has 0 atom stereocenters. The Morgan fingerprint density at radius 1 is 1.05 bits per heavy atom. The van der Waals surface area contributed by atoms with Gasteiger partial charge in [0, 0.05) is 15.5 Å². The van der Waals surface area contributed by atoms with Gasteiger partial charge in [0.2, 0.25) is 0 Å². The van der Waals surface area contributed by atoms with E-state index in [4.69, 9.17) is 0 Å². The number of nitrogens with one attached hydrogen (secondary N) is 1. The molecule has 0 saturated heterocycles. The quantitative estimate of drug-likeness (QED) is 0.713. The normalized spacial score (nSPS) is 10.6. The molecule has 1 N–H and O–H groups in total. The monoisotopic (exact) mass is 407 g/mol. The third-order valence-electron chi connectivity index (χ3n) is 2.97. The molecular formula is C14H11Br2N5. The van der Waals surface area contributed by atoms with Gasteiger partial charge in [-0.2, -0.15) is 4.68 Å². The molecule has 3 aromatic rings. The molecule has 21 heavy (non-hydrogen) atoms. The van der Waals surface area contributed by atoms with Gasteiger partial charge in [-0.05, 0) is 72.1 Å². The van der Waals surface area contributed by atoms with Crippen molar-refractivity contribution in [1.29, 1.82) is 0 Å². The highest BCUT2D eigenvalue weighted by Crippen LogP contribution is 2.25. The van der Waals surface area contributed by atoms with Crippen molar-refractivity contribution < 1.29 is 0 Å². The lowest BCUT2D eigenvalue weighted by atomic mass is 10.2. The number of anilines is 1. The average molecular weight is 409 g/mol. The molecule has 0 bridgehead atoms. The number of nitrogens with zero attached hydrogens (tertiary/aromatic N) is 4. The molecule has 7 heteroatoms.